The molecule has 5 rings (SSSR count). The van der Waals surface area contributed by atoms with E-state index in [1.807, 2.05) is 30.5 Å². The van der Waals surface area contributed by atoms with Crippen molar-refractivity contribution in [3.8, 4) is 11.1 Å². The third kappa shape index (κ3) is 6.93. The Morgan fingerprint density at radius 2 is 1.46 bits per heavy atom. The van der Waals surface area contributed by atoms with E-state index in [0.29, 0.717) is 18.9 Å². The lowest BCUT2D eigenvalue weighted by Gasteiger charge is -2.34. The molecule has 4 heteroatoms. The second kappa shape index (κ2) is 12.5. The molecule has 0 spiro atoms. The number of hydrogen-bond donors (Lipinski definition) is 1. The number of carbonyl (C=O) groups excluding carboxylic acids is 1. The number of benzene rings is 3. The highest BCUT2D eigenvalue weighted by atomic mass is 16.2. The fourth-order valence-corrected chi connectivity index (χ4v) is 5.21. The molecule has 3 aromatic carbocycles. The first-order valence-corrected chi connectivity index (χ1v) is 13.3. The number of likely N-dealkylation sites (tertiary alicyclic amines) is 1. The second-order valence-electron chi connectivity index (χ2n) is 10.0. The van der Waals surface area contributed by atoms with Crippen LogP contribution in [0.25, 0.3) is 11.1 Å². The van der Waals surface area contributed by atoms with E-state index in [9.17, 15) is 4.79 Å². The van der Waals surface area contributed by atoms with Crippen molar-refractivity contribution in [2.24, 2.45) is 5.92 Å². The summed E-state index contributed by atoms with van der Waals surface area (Å²) in [5.74, 6) is 0.860. The smallest absolute Gasteiger partial charge is 0.240 e. The molecule has 0 bridgehead atoms. The van der Waals surface area contributed by atoms with E-state index in [2.05, 4.69) is 88.0 Å². The Kier molecular flexibility index (Phi) is 8.39. The van der Waals surface area contributed by atoms with E-state index in [-0.39, 0.29) is 11.9 Å². The summed E-state index contributed by atoms with van der Waals surface area (Å²) in [7, 11) is 0. The first-order valence-electron chi connectivity index (χ1n) is 13.3. The van der Waals surface area contributed by atoms with Crippen molar-refractivity contribution in [1.29, 1.82) is 0 Å². The Balaban J connectivity index is 1.21. The first kappa shape index (κ1) is 24.9. The largest absolute Gasteiger partial charge is 0.341 e. The van der Waals surface area contributed by atoms with Crippen LogP contribution in [0, 0.1) is 5.92 Å². The molecule has 1 unspecified atom stereocenters. The van der Waals surface area contributed by atoms with Crippen LogP contribution in [-0.2, 0) is 24.2 Å². The van der Waals surface area contributed by atoms with Gasteiger partial charge in [-0.05, 0) is 65.5 Å². The Hall–Kier alpha value is -3.76. The van der Waals surface area contributed by atoms with Gasteiger partial charge in [-0.3, -0.25) is 9.78 Å². The molecule has 1 N–H and O–H groups in total. The molecule has 1 amide bonds. The maximum Gasteiger partial charge on any atom is 0.240 e. The van der Waals surface area contributed by atoms with Gasteiger partial charge in [0.25, 0.3) is 0 Å². The Morgan fingerprint density at radius 3 is 2.11 bits per heavy atom. The maximum absolute atomic E-state index is 13.7. The van der Waals surface area contributed by atoms with Gasteiger partial charge in [-0.2, -0.15) is 0 Å². The monoisotopic (exact) mass is 489 g/mol. The molecule has 1 aliphatic rings. The van der Waals surface area contributed by atoms with Crippen LogP contribution in [0.2, 0.25) is 0 Å². The van der Waals surface area contributed by atoms with Crippen molar-refractivity contribution in [3.05, 3.63) is 126 Å². The maximum atomic E-state index is 13.7. The summed E-state index contributed by atoms with van der Waals surface area (Å²) >= 11 is 0. The number of hydrogen-bond acceptors (Lipinski definition) is 3. The standard InChI is InChI=1S/C33H35N3O/c37-33(36-20-17-28(18-21-36)22-26-8-3-1-4-9-26)32(23-27-10-5-2-6-11-27)35-24-29-13-15-30(16-14-29)31-12-7-19-34-25-31/h1-16,19,25,28,32,35H,17-18,20-24H2. The number of nitrogens with one attached hydrogen (secondary N) is 1. The van der Waals surface area contributed by atoms with Crippen molar-refractivity contribution in [2.45, 2.75) is 38.3 Å². The molecule has 1 saturated heterocycles. The zero-order valence-corrected chi connectivity index (χ0v) is 21.3. The van der Waals surface area contributed by atoms with Gasteiger partial charge < -0.3 is 10.2 Å². The molecule has 0 radical (unpaired) electrons. The van der Waals surface area contributed by atoms with Gasteiger partial charge in [0.2, 0.25) is 5.91 Å². The number of rotatable bonds is 9. The van der Waals surface area contributed by atoms with Crippen LogP contribution in [0.15, 0.2) is 109 Å². The van der Waals surface area contributed by atoms with Gasteiger partial charge in [-0.25, -0.2) is 0 Å². The van der Waals surface area contributed by atoms with Gasteiger partial charge in [-0.1, -0.05) is 91.0 Å². The van der Waals surface area contributed by atoms with Crippen molar-refractivity contribution >= 4 is 5.91 Å². The molecule has 188 valence electrons. The minimum Gasteiger partial charge on any atom is -0.341 e. The van der Waals surface area contributed by atoms with Gasteiger partial charge in [0.1, 0.15) is 0 Å². The summed E-state index contributed by atoms with van der Waals surface area (Å²) < 4.78 is 0. The SMILES string of the molecule is O=C(C(Cc1ccccc1)NCc1ccc(-c2cccnc2)cc1)N1CCC(Cc2ccccc2)CC1. The fraction of sp³-hybridized carbons (Fsp3) is 0.273. The molecule has 0 aliphatic carbocycles. The molecule has 4 nitrogen and oxygen atoms in total. The molecule has 1 aliphatic heterocycles. The van der Waals surface area contributed by atoms with Crippen LogP contribution in [0.4, 0.5) is 0 Å². The highest BCUT2D eigenvalue weighted by Gasteiger charge is 2.28. The zero-order valence-electron chi connectivity index (χ0n) is 21.3. The number of pyridine rings is 1. The second-order valence-corrected chi connectivity index (χ2v) is 10.0. The predicted octanol–water partition coefficient (Wildman–Crippen LogP) is 5.93. The van der Waals surface area contributed by atoms with E-state index in [1.54, 1.807) is 6.20 Å². The summed E-state index contributed by atoms with van der Waals surface area (Å²) in [6.45, 7) is 2.33. The summed E-state index contributed by atoms with van der Waals surface area (Å²) in [6.07, 6.45) is 7.59. The van der Waals surface area contributed by atoms with Crippen molar-refractivity contribution in [2.75, 3.05) is 13.1 Å². The number of nitrogens with zero attached hydrogens (tertiary/aromatic N) is 2. The minimum absolute atomic E-state index is 0.217. The number of amides is 1. The van der Waals surface area contributed by atoms with E-state index < -0.39 is 0 Å². The van der Waals surface area contributed by atoms with E-state index in [1.165, 1.54) is 16.7 Å². The van der Waals surface area contributed by atoms with Gasteiger partial charge in [0.05, 0.1) is 6.04 Å². The summed E-state index contributed by atoms with van der Waals surface area (Å²) in [5.41, 5.74) is 5.99. The van der Waals surface area contributed by atoms with Gasteiger partial charge in [-0.15, -0.1) is 0 Å². The van der Waals surface area contributed by atoms with Crippen molar-refractivity contribution < 1.29 is 4.79 Å². The lowest BCUT2D eigenvalue weighted by atomic mass is 9.90. The molecule has 0 saturated carbocycles. The molecule has 37 heavy (non-hydrogen) atoms. The predicted molar refractivity (Wildman–Crippen MR) is 150 cm³/mol. The fourth-order valence-electron chi connectivity index (χ4n) is 5.21. The van der Waals surface area contributed by atoms with Crippen LogP contribution in [0.3, 0.4) is 0 Å². The third-order valence-corrected chi connectivity index (χ3v) is 7.38. The number of aromatic nitrogens is 1. The molecular formula is C33H35N3O. The Morgan fingerprint density at radius 1 is 0.784 bits per heavy atom. The quantitative estimate of drug-likeness (QED) is 0.317. The average molecular weight is 490 g/mol. The molecule has 2 heterocycles. The zero-order chi connectivity index (χ0) is 25.3. The first-order chi connectivity index (χ1) is 18.2. The highest BCUT2D eigenvalue weighted by molar-refractivity contribution is 5.82. The van der Waals surface area contributed by atoms with Crippen molar-refractivity contribution in [1.82, 2.24) is 15.2 Å². The molecule has 1 fully saturated rings. The van der Waals surface area contributed by atoms with E-state index in [0.717, 1.165) is 43.5 Å². The Labute approximate surface area is 220 Å². The average Bonchev–Trinajstić information content (AvgIpc) is 2.97. The summed E-state index contributed by atoms with van der Waals surface area (Å²) in [4.78, 5) is 20.0. The Bertz CT molecular complexity index is 1240. The topological polar surface area (TPSA) is 45.2 Å². The van der Waals surface area contributed by atoms with Crippen LogP contribution in [0.5, 0.6) is 0 Å². The number of piperidine rings is 1. The van der Waals surface area contributed by atoms with Crippen molar-refractivity contribution in [3.63, 3.8) is 0 Å². The van der Waals surface area contributed by atoms with Gasteiger partial charge in [0.15, 0.2) is 0 Å². The van der Waals surface area contributed by atoms with Gasteiger partial charge >= 0.3 is 0 Å². The number of carbonyl (C=O) groups is 1. The molecular weight excluding hydrogens is 454 g/mol. The highest BCUT2D eigenvalue weighted by Crippen LogP contribution is 2.23. The lowest BCUT2D eigenvalue weighted by molar-refractivity contribution is -0.134. The molecule has 4 aromatic rings. The molecule has 1 aromatic heterocycles. The third-order valence-electron chi connectivity index (χ3n) is 7.38. The van der Waals surface area contributed by atoms with E-state index in [4.69, 9.17) is 0 Å². The van der Waals surface area contributed by atoms with Crippen LogP contribution < -0.4 is 5.32 Å². The minimum atomic E-state index is -0.244. The molecule has 1 atom stereocenters. The lowest BCUT2D eigenvalue weighted by Crippen LogP contribution is -2.50. The van der Waals surface area contributed by atoms with Crippen LogP contribution in [0.1, 0.15) is 29.5 Å². The van der Waals surface area contributed by atoms with Crippen LogP contribution in [-0.4, -0.2) is 34.9 Å². The van der Waals surface area contributed by atoms with Gasteiger partial charge in [0, 0.05) is 32.0 Å². The van der Waals surface area contributed by atoms with Crippen LogP contribution >= 0.6 is 0 Å². The van der Waals surface area contributed by atoms with E-state index >= 15 is 0 Å². The normalized spacial score (nSPS) is 14.9. The summed E-state index contributed by atoms with van der Waals surface area (Å²) in [5, 5.41) is 3.59. The summed E-state index contributed by atoms with van der Waals surface area (Å²) in [6, 6.07) is 33.3.